The van der Waals surface area contributed by atoms with Crippen molar-refractivity contribution in [1.29, 1.82) is 0 Å². The van der Waals surface area contributed by atoms with Gasteiger partial charge in [0.15, 0.2) is 5.82 Å². The minimum atomic E-state index is -0.732. The van der Waals surface area contributed by atoms with Crippen LogP contribution >= 0.6 is 0 Å². The van der Waals surface area contributed by atoms with E-state index in [1.54, 1.807) is 44.7 Å². The molecule has 3 amide bonds. The third kappa shape index (κ3) is 7.36. The average Bonchev–Trinajstić information content (AvgIpc) is 3.97. The van der Waals surface area contributed by atoms with Crippen molar-refractivity contribution in [3.63, 3.8) is 0 Å². The highest BCUT2D eigenvalue weighted by atomic mass is 19.1. The number of nitrogens with one attached hydrogen (secondary N) is 3. The number of anilines is 1. The molecule has 6 heterocycles. The molecule has 0 spiro atoms. The zero-order chi connectivity index (χ0) is 44.5. The van der Waals surface area contributed by atoms with Gasteiger partial charge in [-0.15, -0.1) is 0 Å². The molecule has 63 heavy (non-hydrogen) atoms. The molecule has 0 radical (unpaired) electrons. The fourth-order valence-corrected chi connectivity index (χ4v) is 8.81. The highest BCUT2D eigenvalue weighted by molar-refractivity contribution is 6.13. The van der Waals surface area contributed by atoms with Crippen LogP contribution in [-0.4, -0.2) is 90.1 Å². The number of imide groups is 1. The van der Waals surface area contributed by atoms with Crippen molar-refractivity contribution in [2.75, 3.05) is 38.2 Å². The van der Waals surface area contributed by atoms with E-state index in [1.807, 2.05) is 51.1 Å². The van der Waals surface area contributed by atoms with E-state index in [9.17, 15) is 19.2 Å². The van der Waals surface area contributed by atoms with Gasteiger partial charge in [-0.05, 0) is 67.3 Å². The molecular formula is C45H48FN11O6. The Morgan fingerprint density at radius 2 is 1.83 bits per heavy atom. The molecule has 4 aromatic heterocycles. The Morgan fingerprint density at radius 3 is 2.54 bits per heavy atom. The first-order chi connectivity index (χ1) is 30.1. The number of rotatable bonds is 9. The first-order valence-corrected chi connectivity index (χ1v) is 20.9. The molecule has 2 aliphatic heterocycles. The molecule has 326 valence electrons. The van der Waals surface area contributed by atoms with Crippen LogP contribution in [0.4, 0.5) is 10.1 Å². The van der Waals surface area contributed by atoms with E-state index in [-0.39, 0.29) is 30.3 Å². The average molecular weight is 858 g/mol. The van der Waals surface area contributed by atoms with Gasteiger partial charge < -0.3 is 24.5 Å². The summed E-state index contributed by atoms with van der Waals surface area (Å²) >= 11 is 0. The number of hydrogen-bond donors (Lipinski definition) is 3. The molecule has 2 fully saturated rings. The van der Waals surface area contributed by atoms with Crippen molar-refractivity contribution >= 4 is 56.4 Å². The molecule has 0 aliphatic carbocycles. The highest BCUT2D eigenvalue weighted by Crippen LogP contribution is 2.40. The summed E-state index contributed by atoms with van der Waals surface area (Å²) in [6.07, 6.45) is 1.88. The summed E-state index contributed by atoms with van der Waals surface area (Å²) in [5, 5.41) is 10.6. The van der Waals surface area contributed by atoms with Crippen molar-refractivity contribution in [3.05, 3.63) is 93.5 Å². The normalized spacial score (nSPS) is 16.9. The van der Waals surface area contributed by atoms with Gasteiger partial charge in [0.25, 0.3) is 0 Å². The molecule has 18 heteroatoms. The lowest BCUT2D eigenvalue weighted by Crippen LogP contribution is -2.46. The minimum Gasteiger partial charge on any atom is -0.495 e. The van der Waals surface area contributed by atoms with Crippen LogP contribution in [0.3, 0.4) is 0 Å². The number of carbonyl (C=O) groups excluding carboxylic acids is 3. The molecular weight excluding hydrogens is 810 g/mol. The Bertz CT molecular complexity index is 3040. The second-order valence-corrected chi connectivity index (χ2v) is 17.4. The molecule has 3 aromatic carbocycles. The van der Waals surface area contributed by atoms with Crippen LogP contribution in [0.5, 0.6) is 5.75 Å². The molecule has 2 aliphatic rings. The zero-order valence-corrected chi connectivity index (χ0v) is 36.1. The number of aromatic amines is 1. The molecule has 2 saturated heterocycles. The number of aromatic nitrogens is 7. The van der Waals surface area contributed by atoms with Crippen LogP contribution in [0.1, 0.15) is 85.8 Å². The SMILES string of the molecule is COc1cc2c(cc1N1CCN(Cc3ccc4c(c3)n(C)c(=O)n4C3CCC(=O)NC3=O)CC1)[nH]c1ncnc(-c3ccc([C@@H](C)NC(=O)c4nc(C(C)(C)C)no4)c(C)c3F)c12. The van der Waals surface area contributed by atoms with Crippen molar-refractivity contribution in [2.24, 2.45) is 7.05 Å². The quantitative estimate of drug-likeness (QED) is 0.158. The zero-order valence-electron chi connectivity index (χ0n) is 36.1. The van der Waals surface area contributed by atoms with Crippen molar-refractivity contribution in [2.45, 2.75) is 71.5 Å². The predicted molar refractivity (Wildman–Crippen MR) is 233 cm³/mol. The predicted octanol–water partition coefficient (Wildman–Crippen LogP) is 5.36. The Morgan fingerprint density at radius 1 is 1.05 bits per heavy atom. The van der Waals surface area contributed by atoms with E-state index >= 15 is 4.39 Å². The maximum absolute atomic E-state index is 16.5. The molecule has 7 aromatic rings. The van der Waals surface area contributed by atoms with Crippen LogP contribution in [0, 0.1) is 12.7 Å². The largest absolute Gasteiger partial charge is 0.495 e. The number of carbonyl (C=O) groups is 3. The minimum absolute atomic E-state index is 0.159. The number of fused-ring (bicyclic) bond motifs is 4. The smallest absolute Gasteiger partial charge is 0.329 e. The number of ether oxygens (including phenoxy) is 1. The number of methoxy groups -OCH3 is 1. The van der Waals surface area contributed by atoms with Crippen molar-refractivity contribution < 1.29 is 28.0 Å². The lowest BCUT2D eigenvalue weighted by atomic mass is 9.96. The van der Waals surface area contributed by atoms with Crippen LogP contribution in [0.2, 0.25) is 0 Å². The van der Waals surface area contributed by atoms with Gasteiger partial charge in [0.2, 0.25) is 11.8 Å². The maximum atomic E-state index is 16.5. The van der Waals surface area contributed by atoms with Gasteiger partial charge in [0, 0.05) is 62.6 Å². The van der Waals surface area contributed by atoms with Crippen LogP contribution in [0.15, 0.2) is 58.1 Å². The van der Waals surface area contributed by atoms with E-state index in [2.05, 4.69) is 45.5 Å². The Hall–Kier alpha value is -6.95. The monoisotopic (exact) mass is 857 g/mol. The van der Waals surface area contributed by atoms with E-state index in [0.29, 0.717) is 57.1 Å². The Balaban J connectivity index is 0.925. The summed E-state index contributed by atoms with van der Waals surface area (Å²) in [5.41, 5.74) is 5.67. The van der Waals surface area contributed by atoms with Gasteiger partial charge in [-0.3, -0.25) is 33.7 Å². The molecule has 9 rings (SSSR count). The fourth-order valence-electron chi connectivity index (χ4n) is 8.81. The summed E-state index contributed by atoms with van der Waals surface area (Å²) < 4.78 is 30.7. The van der Waals surface area contributed by atoms with Crippen LogP contribution < -0.4 is 26.0 Å². The number of imidazole rings is 1. The van der Waals surface area contributed by atoms with Gasteiger partial charge in [0.1, 0.15) is 29.6 Å². The Labute approximate surface area is 360 Å². The highest BCUT2D eigenvalue weighted by Gasteiger charge is 2.32. The number of amides is 3. The standard InChI is InChI=1S/C45H48FN11O6/c1-23-26(24(2)49-41(60)42-52-43(53-63-42)45(3,4)5)9-10-27(37(23)46)38-36-28-19-34(62-7)33(20-29(28)50-39(36)48-22-47-38)56-16-14-55(15-17-56)21-25-8-11-30-32(18-25)54(6)44(61)57(30)31-12-13-35(58)51-40(31)59/h8-11,18-20,22,24,31H,12-17,21H2,1-7H3,(H,49,60)(H,47,48,50)(H,51,58,59)/t24-,31?/m1/s1. The molecule has 1 unspecified atom stereocenters. The number of halogens is 1. The van der Waals surface area contributed by atoms with Gasteiger partial charge >= 0.3 is 17.5 Å². The van der Waals surface area contributed by atoms with Gasteiger partial charge in [-0.25, -0.2) is 19.2 Å². The van der Waals surface area contributed by atoms with Gasteiger partial charge in [0.05, 0.1) is 46.5 Å². The second kappa shape index (κ2) is 15.7. The summed E-state index contributed by atoms with van der Waals surface area (Å²) in [5.74, 6) is -0.884. The summed E-state index contributed by atoms with van der Waals surface area (Å²) in [6.45, 7) is 12.9. The number of nitrogens with zero attached hydrogens (tertiary/aromatic N) is 8. The lowest BCUT2D eigenvalue weighted by Gasteiger charge is -2.36. The topological polar surface area (TPSA) is 198 Å². The summed E-state index contributed by atoms with van der Waals surface area (Å²) in [6, 6.07) is 12.0. The van der Waals surface area contributed by atoms with Gasteiger partial charge in [-0.2, -0.15) is 4.98 Å². The molecule has 3 N–H and O–H groups in total. The maximum Gasteiger partial charge on any atom is 0.329 e. The number of piperazine rings is 1. The fraction of sp³-hybridized carbons (Fsp3) is 0.378. The third-order valence-corrected chi connectivity index (χ3v) is 12.3. The number of piperidine rings is 1. The summed E-state index contributed by atoms with van der Waals surface area (Å²) in [7, 11) is 3.33. The molecule has 0 saturated carbocycles. The van der Waals surface area contributed by atoms with E-state index in [4.69, 9.17) is 9.26 Å². The van der Waals surface area contributed by atoms with E-state index in [0.717, 1.165) is 53.8 Å². The number of hydrogen-bond acceptors (Lipinski definition) is 12. The van der Waals surface area contributed by atoms with Crippen LogP contribution in [-0.2, 0) is 28.6 Å². The molecule has 0 bridgehead atoms. The Kier molecular flexibility index (Phi) is 10.4. The van der Waals surface area contributed by atoms with Crippen molar-refractivity contribution in [3.8, 4) is 17.0 Å². The summed E-state index contributed by atoms with van der Waals surface area (Å²) in [4.78, 5) is 72.1. The van der Waals surface area contributed by atoms with Gasteiger partial charge in [-0.1, -0.05) is 38.1 Å². The first kappa shape index (κ1) is 41.4. The molecule has 2 atom stereocenters. The second-order valence-electron chi connectivity index (χ2n) is 17.4. The third-order valence-electron chi connectivity index (χ3n) is 12.3. The van der Waals surface area contributed by atoms with Crippen LogP contribution in [0.25, 0.3) is 44.2 Å². The van der Waals surface area contributed by atoms with E-state index < -0.39 is 35.1 Å². The van der Waals surface area contributed by atoms with Crippen molar-refractivity contribution in [1.82, 2.24) is 49.8 Å². The number of H-pyrrole nitrogens is 1. The number of aryl methyl sites for hydroxylation is 1. The van der Waals surface area contributed by atoms with E-state index in [1.165, 1.54) is 10.9 Å². The number of benzene rings is 3. The molecule has 17 nitrogen and oxygen atoms in total. The lowest BCUT2D eigenvalue weighted by molar-refractivity contribution is -0.135. The first-order valence-electron chi connectivity index (χ1n) is 20.9.